The fraction of sp³-hybridized carbons (Fsp3) is 0.500. The highest BCUT2D eigenvalue weighted by Crippen LogP contribution is 2.32. The summed E-state index contributed by atoms with van der Waals surface area (Å²) in [6.45, 7) is 7.04. The van der Waals surface area contributed by atoms with E-state index < -0.39 is 0 Å². The monoisotopic (exact) mass is 347 g/mol. The summed E-state index contributed by atoms with van der Waals surface area (Å²) in [5.74, 6) is 7.00. The van der Waals surface area contributed by atoms with Crippen molar-refractivity contribution in [1.29, 1.82) is 0 Å². The van der Waals surface area contributed by atoms with Crippen LogP contribution in [0.1, 0.15) is 50.5 Å². The zero-order valence-electron chi connectivity index (χ0n) is 15.1. The van der Waals surface area contributed by atoms with Gasteiger partial charge in [-0.3, -0.25) is 0 Å². The molecule has 0 aromatic heterocycles. The molecule has 0 saturated heterocycles. The lowest BCUT2D eigenvalue weighted by Gasteiger charge is -2.27. The minimum Gasteiger partial charge on any atom is -0.490 e. The van der Waals surface area contributed by atoms with E-state index in [0.29, 0.717) is 24.8 Å². The molecule has 4 nitrogen and oxygen atoms in total. The lowest BCUT2D eigenvalue weighted by molar-refractivity contribution is 0.283. The fourth-order valence-corrected chi connectivity index (χ4v) is 2.77. The number of halogens is 1. The third kappa shape index (κ3) is 5.78. The number of ether oxygens (including phenoxy) is 1. The van der Waals surface area contributed by atoms with Crippen LogP contribution in [0.2, 0.25) is 0 Å². The predicted octanol–water partition coefficient (Wildman–Crippen LogP) is 4.05. The molecule has 0 unspecified atom stereocenters. The number of hydrazine groups is 1. The molecule has 0 radical (unpaired) electrons. The van der Waals surface area contributed by atoms with Gasteiger partial charge in [0, 0.05) is 24.4 Å². The number of allylic oxidation sites excluding steroid dienone is 2. The lowest BCUT2D eigenvalue weighted by atomic mass is 9.95. The summed E-state index contributed by atoms with van der Waals surface area (Å²) in [7, 11) is 0. The summed E-state index contributed by atoms with van der Waals surface area (Å²) in [5, 5.41) is 1.69. The van der Waals surface area contributed by atoms with E-state index in [1.807, 2.05) is 18.2 Å². The minimum absolute atomic E-state index is 0.174. The number of hydrogen-bond acceptors (Lipinski definition) is 4. The van der Waals surface area contributed by atoms with Crippen molar-refractivity contribution in [3.8, 4) is 5.75 Å². The molecule has 0 aliphatic heterocycles. The summed E-state index contributed by atoms with van der Waals surface area (Å²) in [6, 6.07) is 5.12. The second-order valence-corrected chi connectivity index (χ2v) is 6.69. The van der Waals surface area contributed by atoms with Gasteiger partial charge in [-0.2, -0.15) is 0 Å². The van der Waals surface area contributed by atoms with Gasteiger partial charge in [-0.1, -0.05) is 19.1 Å². The van der Waals surface area contributed by atoms with Crippen LogP contribution in [0, 0.1) is 11.7 Å². The molecular formula is C20H30FN3O. The maximum Gasteiger partial charge on any atom is 0.165 e. The van der Waals surface area contributed by atoms with Gasteiger partial charge in [-0.15, -0.1) is 6.58 Å². The third-order valence-corrected chi connectivity index (χ3v) is 4.67. The Bertz CT molecular complexity index is 599. The summed E-state index contributed by atoms with van der Waals surface area (Å²) < 4.78 is 19.7. The van der Waals surface area contributed by atoms with E-state index in [-0.39, 0.29) is 11.7 Å². The van der Waals surface area contributed by atoms with Crippen molar-refractivity contribution in [3.05, 3.63) is 54.1 Å². The molecule has 25 heavy (non-hydrogen) atoms. The average Bonchev–Trinajstić information content (AvgIpc) is 3.44. The van der Waals surface area contributed by atoms with Gasteiger partial charge < -0.3 is 15.5 Å². The van der Waals surface area contributed by atoms with E-state index in [1.165, 1.54) is 18.9 Å². The van der Waals surface area contributed by atoms with E-state index in [0.717, 1.165) is 30.5 Å². The molecule has 1 fully saturated rings. The number of hydrogen-bond donors (Lipinski definition) is 2. The molecule has 1 aliphatic carbocycles. The number of nitrogens with zero attached hydrogens (tertiary/aromatic N) is 1. The minimum atomic E-state index is -0.308. The molecule has 1 atom stereocenters. The van der Waals surface area contributed by atoms with Crippen LogP contribution in [-0.4, -0.2) is 18.2 Å². The van der Waals surface area contributed by atoms with E-state index >= 15 is 0 Å². The summed E-state index contributed by atoms with van der Waals surface area (Å²) in [6.07, 6.45) is 8.22. The summed E-state index contributed by atoms with van der Waals surface area (Å²) >= 11 is 0. The van der Waals surface area contributed by atoms with Crippen molar-refractivity contribution in [2.45, 2.75) is 44.9 Å². The molecule has 2 rings (SSSR count). The molecule has 0 amide bonds. The first-order chi connectivity index (χ1) is 12.1. The lowest BCUT2D eigenvalue weighted by Crippen LogP contribution is -2.34. The Labute approximate surface area is 150 Å². The molecule has 1 saturated carbocycles. The molecule has 1 aliphatic rings. The van der Waals surface area contributed by atoms with Crippen molar-refractivity contribution in [1.82, 2.24) is 5.01 Å². The predicted molar refractivity (Wildman–Crippen MR) is 100 cm³/mol. The van der Waals surface area contributed by atoms with Crippen LogP contribution >= 0.6 is 0 Å². The topological polar surface area (TPSA) is 64.5 Å². The van der Waals surface area contributed by atoms with Crippen molar-refractivity contribution >= 4 is 0 Å². The smallest absolute Gasteiger partial charge is 0.165 e. The number of rotatable bonds is 11. The van der Waals surface area contributed by atoms with E-state index in [2.05, 4.69) is 13.5 Å². The number of benzene rings is 1. The largest absolute Gasteiger partial charge is 0.490 e. The van der Waals surface area contributed by atoms with Gasteiger partial charge in [0.2, 0.25) is 0 Å². The Balaban J connectivity index is 2.05. The quantitative estimate of drug-likeness (QED) is 0.360. The first kappa shape index (κ1) is 19.3. The number of nitrogens with two attached hydrogens (primary N) is 2. The Morgan fingerprint density at radius 1 is 1.48 bits per heavy atom. The van der Waals surface area contributed by atoms with Crippen LogP contribution < -0.4 is 16.3 Å². The van der Waals surface area contributed by atoms with Crippen molar-refractivity contribution in [2.24, 2.45) is 17.5 Å². The maximum atomic E-state index is 14.0. The summed E-state index contributed by atoms with van der Waals surface area (Å²) in [4.78, 5) is 0. The van der Waals surface area contributed by atoms with Gasteiger partial charge in [-0.25, -0.2) is 10.2 Å². The molecule has 0 spiro atoms. The van der Waals surface area contributed by atoms with Crippen LogP contribution in [-0.2, 0) is 0 Å². The molecule has 0 heterocycles. The average molecular weight is 347 g/mol. The highest BCUT2D eigenvalue weighted by molar-refractivity contribution is 5.33. The standard InChI is InChI=1S/C20H30FN3O/c1-3-5-6-18(12-22)24(23)13-16(4-2)17-9-10-19(21)20(11-17)25-14-15-7-8-15/h3,9-12,15-16H,1,4-8,13-14,22-23H2,2H3/b18-12-/t16-/m0/s1. The SMILES string of the molecule is C=CCC/C(=C/N)N(N)C[C@H](CC)c1ccc(F)c(OCC2CC2)c1. The normalized spacial score (nSPS) is 15.7. The van der Waals surface area contributed by atoms with E-state index in [9.17, 15) is 4.39 Å². The van der Waals surface area contributed by atoms with Crippen LogP contribution in [0.5, 0.6) is 5.75 Å². The second-order valence-electron chi connectivity index (χ2n) is 6.69. The van der Waals surface area contributed by atoms with Crippen LogP contribution in [0.25, 0.3) is 0 Å². The Morgan fingerprint density at radius 2 is 2.24 bits per heavy atom. The zero-order valence-corrected chi connectivity index (χ0v) is 15.1. The zero-order chi connectivity index (χ0) is 18.2. The van der Waals surface area contributed by atoms with Crippen LogP contribution in [0.15, 0.2) is 42.8 Å². The Hall–Kier alpha value is -2.01. The second kappa shape index (κ2) is 9.47. The van der Waals surface area contributed by atoms with E-state index in [4.69, 9.17) is 16.3 Å². The first-order valence-electron chi connectivity index (χ1n) is 9.05. The van der Waals surface area contributed by atoms with Gasteiger partial charge >= 0.3 is 0 Å². The van der Waals surface area contributed by atoms with Crippen molar-refractivity contribution in [2.75, 3.05) is 13.2 Å². The fourth-order valence-electron chi connectivity index (χ4n) is 2.77. The maximum absolute atomic E-state index is 14.0. The molecule has 138 valence electrons. The van der Waals surface area contributed by atoms with Crippen molar-refractivity contribution < 1.29 is 9.13 Å². The Morgan fingerprint density at radius 3 is 2.84 bits per heavy atom. The van der Waals surface area contributed by atoms with Crippen LogP contribution in [0.4, 0.5) is 4.39 Å². The van der Waals surface area contributed by atoms with Gasteiger partial charge in [0.1, 0.15) is 0 Å². The molecule has 5 heteroatoms. The highest BCUT2D eigenvalue weighted by Gasteiger charge is 2.23. The molecule has 4 N–H and O–H groups in total. The van der Waals surface area contributed by atoms with Crippen LogP contribution in [0.3, 0.4) is 0 Å². The van der Waals surface area contributed by atoms with Gasteiger partial charge in [-0.05, 0) is 55.7 Å². The Kier molecular flexibility index (Phi) is 7.31. The molecule has 0 bridgehead atoms. The third-order valence-electron chi connectivity index (χ3n) is 4.67. The molecule has 1 aromatic carbocycles. The van der Waals surface area contributed by atoms with E-state index in [1.54, 1.807) is 11.2 Å². The van der Waals surface area contributed by atoms with Crippen molar-refractivity contribution in [3.63, 3.8) is 0 Å². The van der Waals surface area contributed by atoms with Gasteiger partial charge in [0.05, 0.1) is 6.61 Å². The molecule has 1 aromatic rings. The van der Waals surface area contributed by atoms with Gasteiger partial charge in [0.25, 0.3) is 0 Å². The van der Waals surface area contributed by atoms with Gasteiger partial charge in [0.15, 0.2) is 11.6 Å². The first-order valence-corrected chi connectivity index (χ1v) is 9.05. The highest BCUT2D eigenvalue weighted by atomic mass is 19.1. The molecular weight excluding hydrogens is 317 g/mol. The summed E-state index contributed by atoms with van der Waals surface area (Å²) in [5.41, 5.74) is 7.61.